The first-order valence-corrected chi connectivity index (χ1v) is 8.01. The topological polar surface area (TPSA) is 39.7 Å². The number of likely N-dealkylation sites (tertiary alicyclic amines) is 1. The Morgan fingerprint density at radius 2 is 2.05 bits per heavy atom. The standard InChI is InChI=1S/C15H30N4.HI/c1-4-12(3)18-15(16-5-2)17-10-13-8-9-19(11-13)14-6-7-14;/h12-14H,4-11H2,1-3H3,(H2,16,17,18);1H. The molecule has 5 heteroatoms. The van der Waals surface area contributed by atoms with Crippen molar-refractivity contribution in [3.8, 4) is 0 Å². The van der Waals surface area contributed by atoms with Gasteiger partial charge in [0.15, 0.2) is 5.96 Å². The summed E-state index contributed by atoms with van der Waals surface area (Å²) in [5.41, 5.74) is 0. The third-order valence-corrected chi connectivity index (χ3v) is 4.23. The van der Waals surface area contributed by atoms with Crippen LogP contribution in [-0.4, -0.2) is 49.1 Å². The molecule has 0 aromatic carbocycles. The van der Waals surface area contributed by atoms with Crippen LogP contribution in [0.1, 0.15) is 46.5 Å². The molecule has 118 valence electrons. The van der Waals surface area contributed by atoms with Gasteiger partial charge in [-0.2, -0.15) is 0 Å². The lowest BCUT2D eigenvalue weighted by Gasteiger charge is -2.17. The van der Waals surface area contributed by atoms with Gasteiger partial charge in [-0.25, -0.2) is 0 Å². The predicted molar refractivity (Wildman–Crippen MR) is 97.0 cm³/mol. The van der Waals surface area contributed by atoms with Gasteiger partial charge >= 0.3 is 0 Å². The van der Waals surface area contributed by atoms with Crippen LogP contribution in [-0.2, 0) is 0 Å². The van der Waals surface area contributed by atoms with Crippen molar-refractivity contribution in [3.63, 3.8) is 0 Å². The highest BCUT2D eigenvalue weighted by atomic mass is 127. The Kier molecular flexibility index (Phi) is 8.17. The monoisotopic (exact) mass is 394 g/mol. The van der Waals surface area contributed by atoms with E-state index in [0.717, 1.165) is 37.4 Å². The van der Waals surface area contributed by atoms with Gasteiger partial charge in [0.1, 0.15) is 0 Å². The van der Waals surface area contributed by atoms with Crippen LogP contribution >= 0.6 is 24.0 Å². The Morgan fingerprint density at radius 1 is 1.30 bits per heavy atom. The maximum Gasteiger partial charge on any atom is 0.191 e. The summed E-state index contributed by atoms with van der Waals surface area (Å²) < 4.78 is 0. The number of aliphatic imine (C=N–C) groups is 1. The summed E-state index contributed by atoms with van der Waals surface area (Å²) in [4.78, 5) is 7.43. The van der Waals surface area contributed by atoms with E-state index in [2.05, 4.69) is 36.3 Å². The van der Waals surface area contributed by atoms with Gasteiger partial charge < -0.3 is 15.5 Å². The summed E-state index contributed by atoms with van der Waals surface area (Å²) in [6.45, 7) is 11.0. The van der Waals surface area contributed by atoms with E-state index in [9.17, 15) is 0 Å². The van der Waals surface area contributed by atoms with Gasteiger partial charge in [0, 0.05) is 31.7 Å². The third-order valence-electron chi connectivity index (χ3n) is 4.23. The van der Waals surface area contributed by atoms with E-state index in [1.54, 1.807) is 0 Å². The van der Waals surface area contributed by atoms with Gasteiger partial charge in [0.25, 0.3) is 0 Å². The minimum absolute atomic E-state index is 0. The number of hydrogen-bond acceptors (Lipinski definition) is 2. The third kappa shape index (κ3) is 5.76. The SMILES string of the molecule is CCNC(=NCC1CCN(C2CC2)C1)NC(C)CC.I. The van der Waals surface area contributed by atoms with Crippen molar-refractivity contribution in [3.05, 3.63) is 0 Å². The second-order valence-corrected chi connectivity index (χ2v) is 6.05. The van der Waals surface area contributed by atoms with Crippen LogP contribution in [0.2, 0.25) is 0 Å². The van der Waals surface area contributed by atoms with E-state index >= 15 is 0 Å². The Balaban J connectivity index is 0.00000200. The quantitative estimate of drug-likeness (QED) is 0.413. The van der Waals surface area contributed by atoms with E-state index in [4.69, 9.17) is 4.99 Å². The minimum Gasteiger partial charge on any atom is -0.357 e. The number of hydrogen-bond donors (Lipinski definition) is 2. The van der Waals surface area contributed by atoms with Gasteiger partial charge in [-0.15, -0.1) is 24.0 Å². The molecule has 20 heavy (non-hydrogen) atoms. The summed E-state index contributed by atoms with van der Waals surface area (Å²) in [5.74, 6) is 1.75. The molecule has 1 aliphatic carbocycles. The van der Waals surface area contributed by atoms with Crippen molar-refractivity contribution in [2.24, 2.45) is 10.9 Å². The van der Waals surface area contributed by atoms with Crippen molar-refractivity contribution in [2.45, 2.75) is 58.5 Å². The van der Waals surface area contributed by atoms with Crippen LogP contribution in [0.3, 0.4) is 0 Å². The molecule has 0 amide bonds. The molecular formula is C15H31IN4. The summed E-state index contributed by atoms with van der Waals surface area (Å²) >= 11 is 0. The number of rotatable bonds is 6. The molecule has 0 radical (unpaired) electrons. The highest BCUT2D eigenvalue weighted by Gasteiger charge is 2.34. The minimum atomic E-state index is 0. The van der Waals surface area contributed by atoms with Gasteiger partial charge in [-0.05, 0) is 52.0 Å². The number of halogens is 1. The summed E-state index contributed by atoms with van der Waals surface area (Å²) in [5, 5.41) is 6.81. The van der Waals surface area contributed by atoms with Crippen LogP contribution in [0.5, 0.6) is 0 Å². The fourth-order valence-corrected chi connectivity index (χ4v) is 2.66. The molecule has 2 aliphatic rings. The van der Waals surface area contributed by atoms with Crippen LogP contribution in [0.15, 0.2) is 4.99 Å². The Hall–Kier alpha value is -0.0400. The molecule has 1 saturated carbocycles. The summed E-state index contributed by atoms with van der Waals surface area (Å²) in [6.07, 6.45) is 5.30. The zero-order valence-corrected chi connectivity index (χ0v) is 15.5. The first-order valence-electron chi connectivity index (χ1n) is 8.01. The van der Waals surface area contributed by atoms with E-state index in [0.29, 0.717) is 6.04 Å². The first kappa shape index (κ1) is 18.0. The second-order valence-electron chi connectivity index (χ2n) is 6.05. The molecule has 1 heterocycles. The molecule has 1 saturated heterocycles. The van der Waals surface area contributed by atoms with Crippen LogP contribution in [0.4, 0.5) is 0 Å². The molecule has 0 aromatic heterocycles. The fraction of sp³-hybridized carbons (Fsp3) is 0.933. The molecule has 2 unspecified atom stereocenters. The lowest BCUT2D eigenvalue weighted by Crippen LogP contribution is -2.42. The normalized spacial score (nSPS) is 25.1. The van der Waals surface area contributed by atoms with Crippen molar-refractivity contribution in [1.29, 1.82) is 0 Å². The van der Waals surface area contributed by atoms with Crippen molar-refractivity contribution < 1.29 is 0 Å². The fourth-order valence-electron chi connectivity index (χ4n) is 2.66. The first-order chi connectivity index (χ1) is 9.22. The van der Waals surface area contributed by atoms with Gasteiger partial charge in [-0.1, -0.05) is 6.92 Å². The van der Waals surface area contributed by atoms with Crippen molar-refractivity contribution in [1.82, 2.24) is 15.5 Å². The molecule has 2 N–H and O–H groups in total. The summed E-state index contributed by atoms with van der Waals surface area (Å²) in [6, 6.07) is 1.41. The lowest BCUT2D eigenvalue weighted by molar-refractivity contribution is 0.315. The molecule has 0 spiro atoms. The van der Waals surface area contributed by atoms with Crippen molar-refractivity contribution in [2.75, 3.05) is 26.2 Å². The van der Waals surface area contributed by atoms with Gasteiger partial charge in [0.05, 0.1) is 0 Å². The summed E-state index contributed by atoms with van der Waals surface area (Å²) in [7, 11) is 0. The lowest BCUT2D eigenvalue weighted by atomic mass is 10.1. The molecule has 4 nitrogen and oxygen atoms in total. The van der Waals surface area contributed by atoms with Crippen molar-refractivity contribution >= 4 is 29.9 Å². The zero-order valence-electron chi connectivity index (χ0n) is 13.2. The maximum atomic E-state index is 4.77. The average molecular weight is 394 g/mol. The Labute approximate surface area is 141 Å². The average Bonchev–Trinajstić information content (AvgIpc) is 3.15. The highest BCUT2D eigenvalue weighted by Crippen LogP contribution is 2.31. The number of nitrogens with one attached hydrogen (secondary N) is 2. The Bertz CT molecular complexity index is 304. The zero-order chi connectivity index (χ0) is 13.7. The number of guanidine groups is 1. The molecule has 2 fully saturated rings. The van der Waals surface area contributed by atoms with E-state index in [1.807, 2.05) is 0 Å². The van der Waals surface area contributed by atoms with Crippen LogP contribution in [0.25, 0.3) is 0 Å². The second kappa shape index (κ2) is 9.07. The molecule has 2 atom stereocenters. The molecule has 0 bridgehead atoms. The molecule has 2 rings (SSSR count). The van der Waals surface area contributed by atoms with E-state index in [-0.39, 0.29) is 24.0 Å². The smallest absolute Gasteiger partial charge is 0.191 e. The van der Waals surface area contributed by atoms with E-state index < -0.39 is 0 Å². The molecule has 0 aromatic rings. The largest absolute Gasteiger partial charge is 0.357 e. The van der Waals surface area contributed by atoms with Gasteiger partial charge in [0.2, 0.25) is 0 Å². The number of nitrogens with zero attached hydrogens (tertiary/aromatic N) is 2. The molecule has 1 aliphatic heterocycles. The predicted octanol–water partition coefficient (Wildman–Crippen LogP) is 2.44. The van der Waals surface area contributed by atoms with Crippen LogP contribution in [0, 0.1) is 5.92 Å². The highest BCUT2D eigenvalue weighted by molar-refractivity contribution is 14.0. The van der Waals surface area contributed by atoms with Gasteiger partial charge in [-0.3, -0.25) is 4.99 Å². The Morgan fingerprint density at radius 3 is 2.65 bits per heavy atom. The maximum absolute atomic E-state index is 4.77. The van der Waals surface area contributed by atoms with Crippen LogP contribution < -0.4 is 10.6 Å². The van der Waals surface area contributed by atoms with E-state index in [1.165, 1.54) is 32.4 Å². The molecular weight excluding hydrogens is 363 g/mol.